The summed E-state index contributed by atoms with van der Waals surface area (Å²) >= 11 is 0. The molecule has 0 saturated heterocycles. The molecule has 1 atom stereocenters. The summed E-state index contributed by atoms with van der Waals surface area (Å²) in [5.41, 5.74) is 0. The number of carbonyl (C=O) groups excluding carboxylic acids is 3. The van der Waals surface area contributed by atoms with Crippen molar-refractivity contribution < 1.29 is 28.6 Å². The van der Waals surface area contributed by atoms with E-state index in [-0.39, 0.29) is 31.1 Å². The van der Waals surface area contributed by atoms with E-state index in [1.54, 1.807) is 0 Å². The summed E-state index contributed by atoms with van der Waals surface area (Å²) in [6.07, 6.45) is 97.6. The lowest BCUT2D eigenvalue weighted by molar-refractivity contribution is -0.167. The molecule has 0 spiro atoms. The van der Waals surface area contributed by atoms with Crippen molar-refractivity contribution in [2.45, 2.75) is 316 Å². The van der Waals surface area contributed by atoms with E-state index in [1.807, 2.05) is 0 Å². The van der Waals surface area contributed by atoms with E-state index in [1.165, 1.54) is 141 Å². The third-order valence-electron chi connectivity index (χ3n) is 14.4. The zero-order valence-corrected chi connectivity index (χ0v) is 53.5. The summed E-state index contributed by atoms with van der Waals surface area (Å²) < 4.78 is 16.9. The fourth-order valence-electron chi connectivity index (χ4n) is 9.25. The lowest BCUT2D eigenvalue weighted by atomic mass is 10.0. The quantitative estimate of drug-likeness (QED) is 0.0261. The summed E-state index contributed by atoms with van der Waals surface area (Å²) in [6, 6.07) is 0. The molecule has 0 amide bonds. The number of rotatable bonds is 61. The monoisotopic (exact) mass is 1130 g/mol. The van der Waals surface area contributed by atoms with Gasteiger partial charge in [0.15, 0.2) is 6.10 Å². The maximum Gasteiger partial charge on any atom is 0.306 e. The molecule has 6 nitrogen and oxygen atoms in total. The zero-order chi connectivity index (χ0) is 59.2. The van der Waals surface area contributed by atoms with Gasteiger partial charge in [0, 0.05) is 19.3 Å². The molecule has 0 fully saturated rings. The van der Waals surface area contributed by atoms with E-state index in [4.69, 9.17) is 14.2 Å². The molecule has 0 rings (SSSR count). The highest BCUT2D eigenvalue weighted by molar-refractivity contribution is 5.71. The van der Waals surface area contributed by atoms with Crippen molar-refractivity contribution in [1.82, 2.24) is 0 Å². The van der Waals surface area contributed by atoms with Crippen LogP contribution in [-0.2, 0) is 28.6 Å². The first-order chi connectivity index (χ1) is 40.5. The van der Waals surface area contributed by atoms with Gasteiger partial charge in [-0.25, -0.2) is 0 Å². The molecule has 0 aliphatic rings. The normalized spacial score (nSPS) is 13.0. The number of hydrogen-bond acceptors (Lipinski definition) is 6. The minimum atomic E-state index is -0.806. The summed E-state index contributed by atoms with van der Waals surface area (Å²) in [5, 5.41) is 0. The minimum Gasteiger partial charge on any atom is -0.462 e. The van der Waals surface area contributed by atoms with Crippen LogP contribution in [0.5, 0.6) is 0 Å². The molecule has 82 heavy (non-hydrogen) atoms. The molecule has 0 saturated carbocycles. The molecule has 0 radical (unpaired) electrons. The standard InChI is InChI=1S/C76H126O6/c1-4-7-10-13-16-19-22-25-27-29-31-33-35-37-38-40-41-43-45-47-49-51-54-57-60-63-66-69-75(78)81-72-73(71-80-74(77)68-65-62-59-56-53-24-21-18-15-12-9-6-3)82-76(79)70-67-64-61-58-55-52-50-48-46-44-42-39-36-34-32-30-28-26-23-20-17-14-11-8-5-2/h7,10,16,18-19,21,23,25-27,30-33,37-38,41,43,47,49,54,57,73H,4-6,8-9,11-15,17,20,22,24,28-29,34-36,39-40,42,44-46,48,50-53,55-56,58-72H2,1-3H3/b10-7-,19-16-,21-18-,26-23-,27-25-,32-30-,33-31-,38-37-,43-41-,49-47-,57-54-. The van der Waals surface area contributed by atoms with E-state index in [0.29, 0.717) is 25.7 Å². The highest BCUT2D eigenvalue weighted by atomic mass is 16.6. The molecular weight excluding hydrogens is 1010 g/mol. The van der Waals surface area contributed by atoms with Gasteiger partial charge in [-0.2, -0.15) is 0 Å². The maximum absolute atomic E-state index is 12.9. The van der Waals surface area contributed by atoms with Gasteiger partial charge in [0.1, 0.15) is 13.2 Å². The van der Waals surface area contributed by atoms with Crippen LogP contribution in [0.25, 0.3) is 0 Å². The van der Waals surface area contributed by atoms with Crippen LogP contribution in [0.15, 0.2) is 134 Å². The SMILES string of the molecule is CC/C=C\C/C=C\C/C=C\C/C=C\C/C=C\C/C=C\C/C=C\C/C=C\CCCCC(=O)OCC(COC(=O)CCCCCCC/C=C\CCCCC)OC(=O)CCCCCCCCCCCCCCC/C=C\C/C=C\CCCCCCC. The third kappa shape index (κ3) is 66.4. The van der Waals surface area contributed by atoms with Crippen molar-refractivity contribution >= 4 is 17.9 Å². The summed E-state index contributed by atoms with van der Waals surface area (Å²) in [5.74, 6) is -0.949. The van der Waals surface area contributed by atoms with Crippen molar-refractivity contribution in [2.24, 2.45) is 0 Å². The van der Waals surface area contributed by atoms with Gasteiger partial charge in [-0.3, -0.25) is 14.4 Å². The molecule has 0 aliphatic carbocycles. The van der Waals surface area contributed by atoms with Gasteiger partial charge in [-0.1, -0.05) is 283 Å². The van der Waals surface area contributed by atoms with Crippen LogP contribution in [0.4, 0.5) is 0 Å². The molecule has 6 heteroatoms. The van der Waals surface area contributed by atoms with E-state index in [0.717, 1.165) is 122 Å². The van der Waals surface area contributed by atoms with Crippen molar-refractivity contribution in [3.8, 4) is 0 Å². The number of hydrogen-bond donors (Lipinski definition) is 0. The maximum atomic E-state index is 12.9. The van der Waals surface area contributed by atoms with Crippen molar-refractivity contribution in [3.63, 3.8) is 0 Å². The number of esters is 3. The highest BCUT2D eigenvalue weighted by Gasteiger charge is 2.19. The average Bonchev–Trinajstić information content (AvgIpc) is 3.47. The van der Waals surface area contributed by atoms with Gasteiger partial charge in [0.05, 0.1) is 0 Å². The van der Waals surface area contributed by atoms with Crippen LogP contribution < -0.4 is 0 Å². The average molecular weight is 1140 g/mol. The Bertz CT molecular complexity index is 1730. The first-order valence-electron chi connectivity index (χ1n) is 34.2. The number of carbonyl (C=O) groups is 3. The second-order valence-corrected chi connectivity index (χ2v) is 22.3. The fraction of sp³-hybridized carbons (Fsp3) is 0.671. The largest absolute Gasteiger partial charge is 0.462 e. The minimum absolute atomic E-state index is 0.0989. The van der Waals surface area contributed by atoms with Crippen LogP contribution in [0.2, 0.25) is 0 Å². The van der Waals surface area contributed by atoms with Gasteiger partial charge in [0.25, 0.3) is 0 Å². The van der Waals surface area contributed by atoms with Crippen LogP contribution in [0.1, 0.15) is 310 Å². The van der Waals surface area contributed by atoms with Gasteiger partial charge < -0.3 is 14.2 Å². The lowest BCUT2D eigenvalue weighted by Crippen LogP contribution is -2.30. The van der Waals surface area contributed by atoms with E-state index in [9.17, 15) is 14.4 Å². The molecule has 0 bridgehead atoms. The van der Waals surface area contributed by atoms with Crippen molar-refractivity contribution in [2.75, 3.05) is 13.2 Å². The van der Waals surface area contributed by atoms with Gasteiger partial charge in [-0.05, 0) is 141 Å². The molecule has 0 aliphatic heterocycles. The Hall–Kier alpha value is -4.45. The zero-order valence-electron chi connectivity index (χ0n) is 53.5. The highest BCUT2D eigenvalue weighted by Crippen LogP contribution is 2.16. The van der Waals surface area contributed by atoms with Crippen LogP contribution in [-0.4, -0.2) is 37.2 Å². The number of allylic oxidation sites excluding steroid dienone is 22. The number of unbranched alkanes of at least 4 members (excludes halogenated alkanes) is 28. The predicted molar refractivity (Wildman–Crippen MR) is 357 cm³/mol. The van der Waals surface area contributed by atoms with Crippen LogP contribution in [0.3, 0.4) is 0 Å². The third-order valence-corrected chi connectivity index (χ3v) is 14.4. The molecule has 0 aromatic carbocycles. The molecule has 466 valence electrons. The first-order valence-corrected chi connectivity index (χ1v) is 34.2. The van der Waals surface area contributed by atoms with Crippen LogP contribution >= 0.6 is 0 Å². The topological polar surface area (TPSA) is 78.9 Å². The first kappa shape index (κ1) is 77.5. The van der Waals surface area contributed by atoms with Gasteiger partial charge >= 0.3 is 17.9 Å². The Kier molecular flexibility index (Phi) is 65.3. The van der Waals surface area contributed by atoms with Crippen molar-refractivity contribution in [1.29, 1.82) is 0 Å². The van der Waals surface area contributed by atoms with E-state index >= 15 is 0 Å². The van der Waals surface area contributed by atoms with E-state index < -0.39 is 6.10 Å². The van der Waals surface area contributed by atoms with E-state index in [2.05, 4.69) is 154 Å². The second kappa shape index (κ2) is 69.0. The van der Waals surface area contributed by atoms with Crippen LogP contribution in [0, 0.1) is 0 Å². The Morgan fingerprint density at radius 2 is 0.476 bits per heavy atom. The summed E-state index contributed by atoms with van der Waals surface area (Å²) in [4.78, 5) is 38.4. The number of ether oxygens (including phenoxy) is 3. The molecule has 0 heterocycles. The Balaban J connectivity index is 4.39. The molecule has 0 N–H and O–H groups in total. The molecule has 0 aromatic rings. The molecule has 1 unspecified atom stereocenters. The molecule has 0 aromatic heterocycles. The summed E-state index contributed by atoms with van der Waals surface area (Å²) in [7, 11) is 0. The van der Waals surface area contributed by atoms with Gasteiger partial charge in [0.2, 0.25) is 0 Å². The fourth-order valence-corrected chi connectivity index (χ4v) is 9.25. The second-order valence-electron chi connectivity index (χ2n) is 22.3. The Labute approximate surface area is 506 Å². The van der Waals surface area contributed by atoms with Crippen molar-refractivity contribution in [3.05, 3.63) is 134 Å². The Morgan fingerprint density at radius 3 is 0.805 bits per heavy atom. The van der Waals surface area contributed by atoms with Gasteiger partial charge in [-0.15, -0.1) is 0 Å². The Morgan fingerprint density at radius 1 is 0.256 bits per heavy atom. The molecular formula is C76H126O6. The predicted octanol–water partition coefficient (Wildman–Crippen LogP) is 23.7. The summed E-state index contributed by atoms with van der Waals surface area (Å²) in [6.45, 7) is 6.46. The smallest absolute Gasteiger partial charge is 0.306 e. The lowest BCUT2D eigenvalue weighted by Gasteiger charge is -2.18.